The highest BCUT2D eigenvalue weighted by Crippen LogP contribution is 2.43. The topological polar surface area (TPSA) is 134 Å². The molecular formula is C70H134NO8P. The Morgan fingerprint density at radius 2 is 0.650 bits per heavy atom. The van der Waals surface area contributed by atoms with Crippen LogP contribution in [0.25, 0.3) is 0 Å². The van der Waals surface area contributed by atoms with E-state index in [0.717, 1.165) is 44.9 Å². The normalized spacial score (nSPS) is 13.1. The van der Waals surface area contributed by atoms with E-state index in [4.69, 9.17) is 24.3 Å². The number of esters is 2. The number of phosphoric acid groups is 1. The number of carbonyl (C=O) groups excluding carboxylic acids is 2. The van der Waals surface area contributed by atoms with Crippen LogP contribution in [0.2, 0.25) is 0 Å². The van der Waals surface area contributed by atoms with Crippen LogP contribution in [-0.2, 0) is 32.7 Å². The minimum atomic E-state index is -4.39. The van der Waals surface area contributed by atoms with Crippen molar-refractivity contribution in [2.24, 2.45) is 5.73 Å². The maximum atomic E-state index is 12.7. The monoisotopic (exact) mass is 1150 g/mol. The van der Waals surface area contributed by atoms with Crippen LogP contribution >= 0.6 is 7.82 Å². The second-order valence-corrected chi connectivity index (χ2v) is 25.2. The Morgan fingerprint density at radius 1 is 0.375 bits per heavy atom. The van der Waals surface area contributed by atoms with Crippen LogP contribution in [0.15, 0.2) is 36.5 Å². The highest BCUT2D eigenvalue weighted by atomic mass is 31.2. The number of phosphoric ester groups is 1. The summed E-state index contributed by atoms with van der Waals surface area (Å²) in [4.78, 5) is 35.3. The van der Waals surface area contributed by atoms with Gasteiger partial charge in [-0.25, -0.2) is 4.57 Å². The summed E-state index contributed by atoms with van der Waals surface area (Å²) in [7, 11) is -4.39. The first-order chi connectivity index (χ1) is 39.3. The van der Waals surface area contributed by atoms with E-state index in [0.29, 0.717) is 6.42 Å². The van der Waals surface area contributed by atoms with Crippen molar-refractivity contribution in [3.8, 4) is 0 Å². The fourth-order valence-corrected chi connectivity index (χ4v) is 11.4. The van der Waals surface area contributed by atoms with Gasteiger partial charge >= 0.3 is 19.8 Å². The third-order valence-electron chi connectivity index (χ3n) is 15.8. The molecule has 0 spiro atoms. The maximum Gasteiger partial charge on any atom is 0.472 e. The number of carbonyl (C=O) groups is 2. The smallest absolute Gasteiger partial charge is 0.462 e. The summed E-state index contributed by atoms with van der Waals surface area (Å²) in [5, 5.41) is 0. The van der Waals surface area contributed by atoms with Crippen molar-refractivity contribution in [1.82, 2.24) is 0 Å². The molecule has 0 rings (SSSR count). The lowest BCUT2D eigenvalue weighted by atomic mass is 10.0. The average molecular weight is 1150 g/mol. The molecule has 0 aliphatic heterocycles. The third-order valence-corrected chi connectivity index (χ3v) is 16.8. The number of nitrogens with two attached hydrogens (primary N) is 1. The fourth-order valence-electron chi connectivity index (χ4n) is 10.6. The van der Waals surface area contributed by atoms with Gasteiger partial charge in [-0.15, -0.1) is 0 Å². The molecule has 2 unspecified atom stereocenters. The standard InChI is InChI=1S/C70H134NO8P/c1-3-5-7-9-11-13-15-17-19-21-23-24-25-26-27-28-29-30-31-32-33-34-35-36-37-38-39-40-41-42-43-44-45-47-49-51-53-55-57-59-61-63-70(73)79-68(67-78-80(74,75)77-65-64-71)66-76-69(72)62-60-58-56-54-52-50-48-46-22-20-18-16-14-12-10-8-6-4-2/h15,17,21,23,25-26,68H,3-14,16,18-20,22,24,27-67,71H2,1-2H3,(H,74,75)/b17-15-,23-21-,26-25-. The molecule has 9 nitrogen and oxygen atoms in total. The second-order valence-electron chi connectivity index (χ2n) is 23.8. The Hall–Kier alpha value is -1.77. The summed E-state index contributed by atoms with van der Waals surface area (Å²) >= 11 is 0. The maximum absolute atomic E-state index is 12.7. The summed E-state index contributed by atoms with van der Waals surface area (Å²) in [5.41, 5.74) is 5.40. The molecule has 0 bridgehead atoms. The molecule has 0 aliphatic rings. The van der Waals surface area contributed by atoms with E-state index < -0.39 is 26.5 Å². The van der Waals surface area contributed by atoms with Gasteiger partial charge in [0.25, 0.3) is 0 Å². The van der Waals surface area contributed by atoms with Gasteiger partial charge in [0.15, 0.2) is 6.10 Å². The van der Waals surface area contributed by atoms with Gasteiger partial charge in [0.05, 0.1) is 13.2 Å². The van der Waals surface area contributed by atoms with E-state index in [1.54, 1.807) is 0 Å². The van der Waals surface area contributed by atoms with Crippen LogP contribution in [-0.4, -0.2) is 49.3 Å². The Bertz CT molecular complexity index is 1400. The molecule has 0 heterocycles. The SMILES string of the molecule is CCCCCCC/C=C\C/C=C\C/C=C\CCCCCCCCCCCCCCCCCCCCCCCCCCCCC(=O)OC(COC(=O)CCCCCCCCCCCCCCCCCCCC)COP(=O)(O)OCCN. The predicted molar refractivity (Wildman–Crippen MR) is 344 cm³/mol. The van der Waals surface area contributed by atoms with Gasteiger partial charge in [0.2, 0.25) is 0 Å². The van der Waals surface area contributed by atoms with Crippen molar-refractivity contribution in [2.45, 2.75) is 373 Å². The van der Waals surface area contributed by atoms with Crippen LogP contribution in [0.5, 0.6) is 0 Å². The average Bonchev–Trinajstić information content (AvgIpc) is 3.45. The zero-order valence-electron chi connectivity index (χ0n) is 53.1. The quantitative estimate of drug-likeness (QED) is 0.0264. The van der Waals surface area contributed by atoms with E-state index in [-0.39, 0.29) is 38.6 Å². The molecular weight excluding hydrogens is 1010 g/mol. The van der Waals surface area contributed by atoms with Gasteiger partial charge in [0.1, 0.15) is 6.61 Å². The first-order valence-corrected chi connectivity index (χ1v) is 36.5. The van der Waals surface area contributed by atoms with Crippen molar-refractivity contribution < 1.29 is 37.6 Å². The van der Waals surface area contributed by atoms with Gasteiger partial charge in [-0.2, -0.15) is 0 Å². The van der Waals surface area contributed by atoms with Crippen LogP contribution in [0.1, 0.15) is 367 Å². The Labute approximate surface area is 496 Å². The zero-order valence-corrected chi connectivity index (χ0v) is 54.0. The van der Waals surface area contributed by atoms with Crippen LogP contribution in [0, 0.1) is 0 Å². The fraction of sp³-hybridized carbons (Fsp3) is 0.886. The van der Waals surface area contributed by atoms with Gasteiger partial charge in [-0.3, -0.25) is 18.6 Å². The first kappa shape index (κ1) is 78.2. The molecule has 0 aromatic rings. The van der Waals surface area contributed by atoms with E-state index >= 15 is 0 Å². The molecule has 0 saturated carbocycles. The minimum Gasteiger partial charge on any atom is -0.462 e. The number of allylic oxidation sites excluding steroid dienone is 6. The minimum absolute atomic E-state index is 0.0570. The number of hydrogen-bond donors (Lipinski definition) is 2. The summed E-state index contributed by atoms with van der Waals surface area (Å²) in [6.45, 7) is 3.80. The molecule has 0 saturated heterocycles. The van der Waals surface area contributed by atoms with E-state index in [1.807, 2.05) is 0 Å². The molecule has 472 valence electrons. The molecule has 0 aromatic heterocycles. The molecule has 0 amide bonds. The van der Waals surface area contributed by atoms with Crippen molar-refractivity contribution in [2.75, 3.05) is 26.4 Å². The lowest BCUT2D eigenvalue weighted by Gasteiger charge is -2.19. The van der Waals surface area contributed by atoms with E-state index in [2.05, 4.69) is 50.3 Å². The van der Waals surface area contributed by atoms with Crippen molar-refractivity contribution >= 4 is 19.8 Å². The Morgan fingerprint density at radius 3 is 0.963 bits per heavy atom. The van der Waals surface area contributed by atoms with E-state index in [9.17, 15) is 19.0 Å². The van der Waals surface area contributed by atoms with Crippen molar-refractivity contribution in [1.29, 1.82) is 0 Å². The van der Waals surface area contributed by atoms with Crippen molar-refractivity contribution in [3.05, 3.63) is 36.5 Å². The summed E-state index contributed by atoms with van der Waals surface area (Å²) < 4.78 is 33.1. The van der Waals surface area contributed by atoms with Crippen LogP contribution in [0.3, 0.4) is 0 Å². The highest BCUT2D eigenvalue weighted by Gasteiger charge is 2.26. The van der Waals surface area contributed by atoms with Gasteiger partial charge < -0.3 is 20.1 Å². The number of ether oxygens (including phenoxy) is 2. The summed E-state index contributed by atoms with van der Waals surface area (Å²) in [5.74, 6) is -0.804. The lowest BCUT2D eigenvalue weighted by molar-refractivity contribution is -0.161. The zero-order chi connectivity index (χ0) is 58.0. The number of rotatable bonds is 67. The predicted octanol–water partition coefficient (Wildman–Crippen LogP) is 22.7. The summed E-state index contributed by atoms with van der Waals surface area (Å²) in [6.07, 6.45) is 82.6. The van der Waals surface area contributed by atoms with Gasteiger partial charge in [0, 0.05) is 19.4 Å². The molecule has 0 radical (unpaired) electrons. The Kier molecular flexibility index (Phi) is 64.9. The first-order valence-electron chi connectivity index (χ1n) is 35.0. The summed E-state index contributed by atoms with van der Waals surface area (Å²) in [6, 6.07) is 0. The van der Waals surface area contributed by atoms with Gasteiger partial charge in [-0.05, 0) is 51.4 Å². The van der Waals surface area contributed by atoms with Gasteiger partial charge in [-0.1, -0.05) is 339 Å². The van der Waals surface area contributed by atoms with Crippen molar-refractivity contribution in [3.63, 3.8) is 0 Å². The molecule has 0 fully saturated rings. The number of hydrogen-bond acceptors (Lipinski definition) is 8. The highest BCUT2D eigenvalue weighted by molar-refractivity contribution is 7.47. The molecule has 0 aliphatic carbocycles. The third kappa shape index (κ3) is 65.4. The Balaban J connectivity index is 3.73. The lowest BCUT2D eigenvalue weighted by Crippen LogP contribution is -2.29. The number of unbranched alkanes of at least 4 members (excludes halogenated alkanes) is 48. The molecule has 2 atom stereocenters. The molecule has 3 N–H and O–H groups in total. The van der Waals surface area contributed by atoms with E-state index in [1.165, 1.54) is 289 Å². The van der Waals surface area contributed by atoms with Crippen LogP contribution in [0.4, 0.5) is 0 Å². The second kappa shape index (κ2) is 66.4. The molecule has 10 heteroatoms. The molecule has 80 heavy (non-hydrogen) atoms. The largest absolute Gasteiger partial charge is 0.472 e. The van der Waals surface area contributed by atoms with Crippen LogP contribution < -0.4 is 5.73 Å². The molecule has 0 aromatic carbocycles.